The Hall–Kier alpha value is -2.78. The van der Waals surface area contributed by atoms with Gasteiger partial charge in [0.05, 0.1) is 22.5 Å². The summed E-state index contributed by atoms with van der Waals surface area (Å²) in [7, 11) is 0. The number of aromatic amines is 1. The number of anilines is 2. The number of nitriles is 1. The van der Waals surface area contributed by atoms with Crippen molar-refractivity contribution in [2.24, 2.45) is 0 Å². The van der Waals surface area contributed by atoms with Gasteiger partial charge in [0, 0.05) is 34.5 Å². The lowest BCUT2D eigenvalue weighted by atomic mass is 10.0. The summed E-state index contributed by atoms with van der Waals surface area (Å²) in [6.45, 7) is 0. The number of pyridine rings is 2. The first-order valence-electron chi connectivity index (χ1n) is 7.19. The fourth-order valence-corrected chi connectivity index (χ4v) is 3.90. The van der Waals surface area contributed by atoms with Crippen molar-refractivity contribution in [2.45, 2.75) is 11.3 Å². The van der Waals surface area contributed by atoms with E-state index in [9.17, 15) is 10.1 Å². The minimum Gasteiger partial charge on any atom is -0.353 e. The largest absolute Gasteiger partial charge is 0.353 e. The first kappa shape index (κ1) is 13.9. The molecular formula is C17H12N4OS. The summed E-state index contributed by atoms with van der Waals surface area (Å²) in [6, 6.07) is 9.45. The van der Waals surface area contributed by atoms with E-state index in [-0.39, 0.29) is 5.56 Å². The lowest BCUT2D eigenvalue weighted by Crippen LogP contribution is -2.04. The number of nitrogens with zero attached hydrogens (tertiary/aromatic N) is 2. The zero-order valence-corrected chi connectivity index (χ0v) is 12.9. The topological polar surface area (TPSA) is 81.6 Å². The molecule has 6 heteroatoms. The second-order valence-electron chi connectivity index (χ2n) is 5.26. The molecule has 3 heterocycles. The number of rotatable bonds is 2. The highest BCUT2D eigenvalue weighted by Crippen LogP contribution is 2.40. The second kappa shape index (κ2) is 5.45. The molecule has 2 aromatic heterocycles. The van der Waals surface area contributed by atoms with Crippen LogP contribution in [0.1, 0.15) is 11.1 Å². The quantitative estimate of drug-likeness (QED) is 0.758. The Morgan fingerprint density at radius 3 is 3.00 bits per heavy atom. The van der Waals surface area contributed by atoms with Crippen LogP contribution < -0.4 is 10.9 Å². The Morgan fingerprint density at radius 1 is 1.30 bits per heavy atom. The molecule has 0 saturated carbocycles. The minimum atomic E-state index is -0.159. The van der Waals surface area contributed by atoms with Crippen LogP contribution in [0.3, 0.4) is 0 Å². The third-order valence-corrected chi connectivity index (χ3v) is 4.99. The summed E-state index contributed by atoms with van der Waals surface area (Å²) in [4.78, 5) is 19.5. The molecule has 4 rings (SSSR count). The van der Waals surface area contributed by atoms with E-state index in [4.69, 9.17) is 0 Å². The Labute approximate surface area is 136 Å². The summed E-state index contributed by atoms with van der Waals surface area (Å²) in [5, 5.41) is 13.7. The van der Waals surface area contributed by atoms with Crippen molar-refractivity contribution < 1.29 is 0 Å². The zero-order valence-electron chi connectivity index (χ0n) is 12.1. The average molecular weight is 320 g/mol. The molecule has 0 radical (unpaired) electrons. The highest BCUT2D eigenvalue weighted by Gasteiger charge is 2.19. The van der Waals surface area contributed by atoms with Gasteiger partial charge in [0.25, 0.3) is 0 Å². The van der Waals surface area contributed by atoms with E-state index in [0.717, 1.165) is 34.5 Å². The molecule has 0 bridgehead atoms. The van der Waals surface area contributed by atoms with E-state index in [1.54, 1.807) is 18.5 Å². The van der Waals surface area contributed by atoms with Crippen LogP contribution in [0.5, 0.6) is 0 Å². The normalized spacial score (nSPS) is 12.8. The molecule has 0 atom stereocenters. The van der Waals surface area contributed by atoms with Gasteiger partial charge in [0.15, 0.2) is 0 Å². The molecule has 2 N–H and O–H groups in total. The first-order valence-corrected chi connectivity index (χ1v) is 8.18. The molecule has 23 heavy (non-hydrogen) atoms. The van der Waals surface area contributed by atoms with E-state index in [1.807, 2.05) is 17.8 Å². The molecule has 0 aliphatic carbocycles. The van der Waals surface area contributed by atoms with Crippen molar-refractivity contribution in [3.63, 3.8) is 0 Å². The van der Waals surface area contributed by atoms with Gasteiger partial charge in [0.2, 0.25) is 5.56 Å². The zero-order chi connectivity index (χ0) is 15.8. The van der Waals surface area contributed by atoms with Crippen LogP contribution in [0.25, 0.3) is 10.9 Å². The summed E-state index contributed by atoms with van der Waals surface area (Å²) in [6.07, 6.45) is 4.16. The van der Waals surface area contributed by atoms with Gasteiger partial charge in [-0.3, -0.25) is 9.78 Å². The molecule has 5 nitrogen and oxygen atoms in total. The van der Waals surface area contributed by atoms with Crippen LogP contribution in [-0.4, -0.2) is 15.7 Å². The van der Waals surface area contributed by atoms with E-state index >= 15 is 0 Å². The van der Waals surface area contributed by atoms with Gasteiger partial charge in [-0.1, -0.05) is 0 Å². The smallest absolute Gasteiger partial charge is 0.248 e. The van der Waals surface area contributed by atoms with Crippen molar-refractivity contribution in [3.8, 4) is 6.07 Å². The van der Waals surface area contributed by atoms with Crippen LogP contribution in [-0.2, 0) is 6.42 Å². The molecule has 0 fully saturated rings. The number of hydrogen-bond donors (Lipinski definition) is 2. The van der Waals surface area contributed by atoms with Gasteiger partial charge in [-0.25, -0.2) is 0 Å². The standard InChI is InChI=1S/C17H12N4OS/c18-7-10-8-19-13-2-3-14-12(5-6-23-14)16(13)17(10)21-11-1-4-15(22)20-9-11/h1-4,8-9H,5-6H2,(H,19,21)(H,20,22). The van der Waals surface area contributed by atoms with Crippen LogP contribution in [0.2, 0.25) is 0 Å². The maximum absolute atomic E-state index is 11.2. The monoisotopic (exact) mass is 320 g/mol. The van der Waals surface area contributed by atoms with Gasteiger partial charge >= 0.3 is 0 Å². The summed E-state index contributed by atoms with van der Waals surface area (Å²) in [5.74, 6) is 1.04. The van der Waals surface area contributed by atoms with Crippen molar-refractivity contribution in [2.75, 3.05) is 11.1 Å². The van der Waals surface area contributed by atoms with Gasteiger partial charge in [0.1, 0.15) is 6.07 Å². The Balaban J connectivity index is 1.96. The maximum atomic E-state index is 11.2. The predicted molar refractivity (Wildman–Crippen MR) is 91.2 cm³/mol. The number of hydrogen-bond acceptors (Lipinski definition) is 5. The fourth-order valence-electron chi connectivity index (χ4n) is 2.83. The lowest BCUT2D eigenvalue weighted by Gasteiger charge is -2.14. The van der Waals surface area contributed by atoms with Crippen molar-refractivity contribution in [1.29, 1.82) is 5.26 Å². The van der Waals surface area contributed by atoms with E-state index in [2.05, 4.69) is 27.4 Å². The highest BCUT2D eigenvalue weighted by atomic mass is 32.2. The Morgan fingerprint density at radius 2 is 2.22 bits per heavy atom. The molecule has 1 aromatic carbocycles. The molecule has 0 saturated heterocycles. The van der Waals surface area contributed by atoms with Crippen molar-refractivity contribution in [3.05, 3.63) is 58.1 Å². The fraction of sp³-hybridized carbons (Fsp3) is 0.118. The summed E-state index contributed by atoms with van der Waals surface area (Å²) in [5.41, 5.74) is 3.93. The van der Waals surface area contributed by atoms with Crippen LogP contribution in [0.4, 0.5) is 11.4 Å². The van der Waals surface area contributed by atoms with Gasteiger partial charge in [-0.15, -0.1) is 11.8 Å². The van der Waals surface area contributed by atoms with Crippen molar-refractivity contribution in [1.82, 2.24) is 9.97 Å². The number of thioether (sulfide) groups is 1. The molecule has 112 valence electrons. The minimum absolute atomic E-state index is 0.159. The number of benzene rings is 1. The van der Waals surface area contributed by atoms with Gasteiger partial charge < -0.3 is 10.3 Å². The van der Waals surface area contributed by atoms with Crippen LogP contribution in [0.15, 0.2) is 46.3 Å². The number of H-pyrrole nitrogens is 1. The lowest BCUT2D eigenvalue weighted by molar-refractivity contribution is 1.16. The van der Waals surface area contributed by atoms with Gasteiger partial charge in [-0.2, -0.15) is 5.26 Å². The number of aryl methyl sites for hydroxylation is 1. The Kier molecular flexibility index (Phi) is 3.28. The summed E-state index contributed by atoms with van der Waals surface area (Å²) < 4.78 is 0. The molecule has 1 aliphatic rings. The van der Waals surface area contributed by atoms with Crippen LogP contribution in [0, 0.1) is 11.3 Å². The molecular weight excluding hydrogens is 308 g/mol. The average Bonchev–Trinajstić information content (AvgIpc) is 3.05. The predicted octanol–water partition coefficient (Wildman–Crippen LogP) is 3.19. The summed E-state index contributed by atoms with van der Waals surface area (Å²) >= 11 is 1.83. The second-order valence-corrected chi connectivity index (χ2v) is 6.40. The number of fused-ring (bicyclic) bond motifs is 3. The van der Waals surface area contributed by atoms with Crippen LogP contribution >= 0.6 is 11.8 Å². The highest BCUT2D eigenvalue weighted by molar-refractivity contribution is 7.99. The first-order chi connectivity index (χ1) is 11.3. The number of aromatic nitrogens is 2. The third kappa shape index (κ3) is 2.35. The molecule has 0 spiro atoms. The molecule has 1 aliphatic heterocycles. The molecule has 0 unspecified atom stereocenters. The third-order valence-electron chi connectivity index (χ3n) is 3.88. The number of nitrogens with one attached hydrogen (secondary N) is 2. The molecule has 0 amide bonds. The maximum Gasteiger partial charge on any atom is 0.248 e. The van der Waals surface area contributed by atoms with Crippen molar-refractivity contribution >= 4 is 34.0 Å². The molecule has 3 aromatic rings. The van der Waals surface area contributed by atoms with E-state index in [0.29, 0.717) is 5.56 Å². The van der Waals surface area contributed by atoms with E-state index < -0.39 is 0 Å². The van der Waals surface area contributed by atoms with Gasteiger partial charge in [-0.05, 0) is 30.2 Å². The SMILES string of the molecule is N#Cc1cnc2ccc3c(c2c1Nc1ccc(=O)[nH]c1)CCS3. The Bertz CT molecular complexity index is 999. The van der Waals surface area contributed by atoms with E-state index in [1.165, 1.54) is 16.5 Å².